The Balaban J connectivity index is 2.12. The summed E-state index contributed by atoms with van der Waals surface area (Å²) in [6, 6.07) is 4.52. The van der Waals surface area contributed by atoms with Crippen molar-refractivity contribution >= 4 is 34.9 Å². The van der Waals surface area contributed by atoms with Gasteiger partial charge in [0, 0.05) is 11.1 Å². The normalized spacial score (nSPS) is 10.5. The second-order valence-electron chi connectivity index (χ2n) is 3.85. The van der Waals surface area contributed by atoms with E-state index in [-0.39, 0.29) is 22.9 Å². The Morgan fingerprint density at radius 1 is 1.42 bits per heavy atom. The van der Waals surface area contributed by atoms with E-state index in [1.54, 1.807) is 13.0 Å². The number of carbonyl (C=O) groups excluding carboxylic acids is 1. The number of nitrogen functional groups attached to an aromatic ring is 1. The molecular weight excluding hydrogens is 291 g/mol. The Morgan fingerprint density at radius 2 is 2.16 bits per heavy atom. The lowest BCUT2D eigenvalue weighted by molar-refractivity contribution is 0.0465. The molecule has 19 heavy (non-hydrogen) atoms. The third kappa shape index (κ3) is 3.19. The van der Waals surface area contributed by atoms with Crippen molar-refractivity contribution in [2.45, 2.75) is 13.5 Å². The van der Waals surface area contributed by atoms with Crippen molar-refractivity contribution in [2.75, 3.05) is 5.73 Å². The van der Waals surface area contributed by atoms with Crippen molar-refractivity contribution in [3.05, 3.63) is 45.3 Å². The van der Waals surface area contributed by atoms with E-state index in [0.29, 0.717) is 16.5 Å². The fourth-order valence-electron chi connectivity index (χ4n) is 1.46. The highest BCUT2D eigenvalue weighted by atomic mass is 35.5. The molecule has 1 aromatic carbocycles. The Hall–Kier alpha value is -1.72. The molecule has 100 valence electrons. The number of hydrogen-bond acceptors (Lipinski definition) is 5. The minimum Gasteiger partial charge on any atom is -0.455 e. The molecule has 2 rings (SSSR count). The monoisotopic (exact) mass is 300 g/mol. The van der Waals surface area contributed by atoms with Gasteiger partial charge in [0.05, 0.1) is 16.3 Å². The predicted octanol–water partition coefficient (Wildman–Crippen LogP) is 3.23. The van der Waals surface area contributed by atoms with E-state index >= 15 is 0 Å². The number of ether oxygens (including phenoxy) is 1. The summed E-state index contributed by atoms with van der Waals surface area (Å²) >= 11 is 11.7. The minimum atomic E-state index is -0.623. The second kappa shape index (κ2) is 5.50. The molecule has 0 amide bonds. The van der Waals surface area contributed by atoms with Crippen LogP contribution in [-0.2, 0) is 11.3 Å². The highest BCUT2D eigenvalue weighted by molar-refractivity contribution is 6.37. The van der Waals surface area contributed by atoms with E-state index in [4.69, 9.17) is 38.2 Å². The largest absolute Gasteiger partial charge is 0.455 e. The van der Waals surface area contributed by atoms with E-state index in [1.807, 2.05) is 0 Å². The van der Waals surface area contributed by atoms with Gasteiger partial charge in [-0.25, -0.2) is 4.79 Å². The smallest absolute Gasteiger partial charge is 0.340 e. The van der Waals surface area contributed by atoms with Crippen molar-refractivity contribution in [2.24, 2.45) is 0 Å². The lowest BCUT2D eigenvalue weighted by atomic mass is 10.2. The number of aryl methyl sites for hydroxylation is 1. The van der Waals surface area contributed by atoms with Gasteiger partial charge in [-0.1, -0.05) is 28.4 Å². The van der Waals surface area contributed by atoms with Gasteiger partial charge in [-0.15, -0.1) is 0 Å². The summed E-state index contributed by atoms with van der Waals surface area (Å²) in [5.41, 5.74) is 6.47. The summed E-state index contributed by atoms with van der Waals surface area (Å²) in [7, 11) is 0. The molecule has 1 heterocycles. The summed E-state index contributed by atoms with van der Waals surface area (Å²) in [5.74, 6) is 0.0129. The van der Waals surface area contributed by atoms with Gasteiger partial charge in [0.2, 0.25) is 0 Å². The van der Waals surface area contributed by atoms with Crippen LogP contribution in [0.5, 0.6) is 0 Å². The van der Waals surface area contributed by atoms with Crippen LogP contribution in [0, 0.1) is 6.92 Å². The van der Waals surface area contributed by atoms with Crippen LogP contribution < -0.4 is 5.73 Å². The molecule has 0 aliphatic rings. The molecule has 0 radical (unpaired) electrons. The number of hydrogen-bond donors (Lipinski definition) is 1. The number of aromatic nitrogens is 1. The van der Waals surface area contributed by atoms with Crippen molar-refractivity contribution in [1.29, 1.82) is 0 Å². The summed E-state index contributed by atoms with van der Waals surface area (Å²) in [5, 5.41) is 4.22. The van der Waals surface area contributed by atoms with Crippen LogP contribution in [0.4, 0.5) is 5.69 Å². The molecule has 0 saturated heterocycles. The number of rotatable bonds is 3. The zero-order chi connectivity index (χ0) is 14.0. The van der Waals surface area contributed by atoms with E-state index in [2.05, 4.69) is 5.16 Å². The lowest BCUT2D eigenvalue weighted by Crippen LogP contribution is -2.09. The molecule has 2 aromatic rings. The highest BCUT2D eigenvalue weighted by Crippen LogP contribution is 2.28. The fourth-order valence-corrected chi connectivity index (χ4v) is 1.95. The van der Waals surface area contributed by atoms with Gasteiger partial charge in [0.1, 0.15) is 18.1 Å². The summed E-state index contributed by atoms with van der Waals surface area (Å²) in [6.45, 7) is 1.73. The topological polar surface area (TPSA) is 78.4 Å². The maximum Gasteiger partial charge on any atom is 0.340 e. The highest BCUT2D eigenvalue weighted by Gasteiger charge is 2.15. The number of nitrogens with two attached hydrogens (primary N) is 1. The molecular formula is C12H10Cl2N2O3. The first-order valence-corrected chi connectivity index (χ1v) is 6.07. The molecule has 0 fully saturated rings. The first-order valence-electron chi connectivity index (χ1n) is 5.31. The van der Waals surface area contributed by atoms with Crippen LogP contribution in [0.2, 0.25) is 10.0 Å². The van der Waals surface area contributed by atoms with Crippen molar-refractivity contribution < 1.29 is 14.1 Å². The number of carbonyl (C=O) groups is 1. The number of anilines is 1. The van der Waals surface area contributed by atoms with Gasteiger partial charge in [0.25, 0.3) is 0 Å². The SMILES string of the molecule is Cc1cc(COC(=O)c2cc(Cl)cc(Cl)c2N)no1. The molecule has 5 nitrogen and oxygen atoms in total. The molecule has 0 aliphatic heterocycles. The number of benzene rings is 1. The predicted molar refractivity (Wildman–Crippen MR) is 71.2 cm³/mol. The van der Waals surface area contributed by atoms with Crippen LogP contribution in [-0.4, -0.2) is 11.1 Å². The van der Waals surface area contributed by atoms with Crippen molar-refractivity contribution in [1.82, 2.24) is 5.16 Å². The Bertz CT molecular complexity index is 625. The molecule has 2 N–H and O–H groups in total. The zero-order valence-corrected chi connectivity index (χ0v) is 11.5. The van der Waals surface area contributed by atoms with Gasteiger partial charge in [-0.2, -0.15) is 0 Å². The molecule has 1 aromatic heterocycles. The lowest BCUT2D eigenvalue weighted by Gasteiger charge is -2.07. The standard InChI is InChI=1S/C12H10Cl2N2O3/c1-6-2-8(16-19-6)5-18-12(17)9-3-7(13)4-10(14)11(9)15/h2-4H,5,15H2,1H3. The van der Waals surface area contributed by atoms with E-state index in [1.165, 1.54) is 12.1 Å². The van der Waals surface area contributed by atoms with Crippen LogP contribution in [0.1, 0.15) is 21.8 Å². The number of esters is 1. The molecule has 7 heteroatoms. The van der Waals surface area contributed by atoms with Crippen molar-refractivity contribution in [3.63, 3.8) is 0 Å². The second-order valence-corrected chi connectivity index (χ2v) is 4.70. The molecule has 0 saturated carbocycles. The maximum atomic E-state index is 11.9. The molecule has 0 unspecified atom stereocenters. The third-order valence-corrected chi connectivity index (χ3v) is 2.87. The summed E-state index contributed by atoms with van der Waals surface area (Å²) in [4.78, 5) is 11.9. The average molecular weight is 301 g/mol. The van der Waals surface area contributed by atoms with E-state index in [0.717, 1.165) is 0 Å². The van der Waals surface area contributed by atoms with Crippen LogP contribution in [0.15, 0.2) is 22.7 Å². The van der Waals surface area contributed by atoms with Gasteiger partial charge >= 0.3 is 5.97 Å². The summed E-state index contributed by atoms with van der Waals surface area (Å²) in [6.07, 6.45) is 0. The molecule has 0 bridgehead atoms. The van der Waals surface area contributed by atoms with Crippen LogP contribution >= 0.6 is 23.2 Å². The minimum absolute atomic E-state index is 0.0141. The van der Waals surface area contributed by atoms with Crippen LogP contribution in [0.25, 0.3) is 0 Å². The first kappa shape index (κ1) is 13.7. The van der Waals surface area contributed by atoms with Gasteiger partial charge in [-0.05, 0) is 19.1 Å². The molecule has 0 atom stereocenters. The maximum absolute atomic E-state index is 11.9. The first-order chi connectivity index (χ1) is 8.97. The Morgan fingerprint density at radius 3 is 2.79 bits per heavy atom. The van der Waals surface area contributed by atoms with E-state index < -0.39 is 5.97 Å². The summed E-state index contributed by atoms with van der Waals surface area (Å²) < 4.78 is 9.92. The third-order valence-electron chi connectivity index (χ3n) is 2.34. The van der Waals surface area contributed by atoms with Crippen LogP contribution in [0.3, 0.4) is 0 Å². The zero-order valence-electron chi connectivity index (χ0n) is 9.94. The fraction of sp³-hybridized carbons (Fsp3) is 0.167. The quantitative estimate of drug-likeness (QED) is 0.695. The van der Waals surface area contributed by atoms with Crippen molar-refractivity contribution in [3.8, 4) is 0 Å². The van der Waals surface area contributed by atoms with Gasteiger partial charge < -0.3 is 15.0 Å². The number of nitrogens with zero attached hydrogens (tertiary/aromatic N) is 1. The Kier molecular flexibility index (Phi) is 3.97. The van der Waals surface area contributed by atoms with Gasteiger partial charge in [0.15, 0.2) is 0 Å². The van der Waals surface area contributed by atoms with E-state index in [9.17, 15) is 4.79 Å². The Labute approximate surface area is 119 Å². The molecule has 0 spiro atoms. The van der Waals surface area contributed by atoms with Gasteiger partial charge in [-0.3, -0.25) is 0 Å². The number of halogens is 2. The average Bonchev–Trinajstić information content (AvgIpc) is 2.76. The molecule has 0 aliphatic carbocycles.